The van der Waals surface area contributed by atoms with E-state index in [4.69, 9.17) is 11.5 Å². The lowest BCUT2D eigenvalue weighted by molar-refractivity contribution is 0.844. The summed E-state index contributed by atoms with van der Waals surface area (Å²) in [5, 5.41) is 0. The highest BCUT2D eigenvalue weighted by molar-refractivity contribution is 4.33. The molecule has 0 atom stereocenters. The molecule has 62 valence electrons. The average Bonchev–Trinajstić information content (AvgIpc) is 1.75. The molecule has 0 radical (unpaired) electrons. The molecular weight excluding hydrogens is 112 g/mol. The lowest BCUT2D eigenvalue weighted by atomic mass is 10.4. The van der Waals surface area contributed by atoms with Crippen LogP contribution in [0.4, 0.5) is 0 Å². The molecule has 0 spiro atoms. The second-order valence-electron chi connectivity index (χ2n) is 0.931. The van der Waals surface area contributed by atoms with Crippen LogP contribution in [0.15, 0.2) is 0 Å². The molecule has 0 amide bonds. The molecule has 0 rings (SSSR count). The van der Waals surface area contributed by atoms with Crippen LogP contribution in [-0.2, 0) is 0 Å². The van der Waals surface area contributed by atoms with Crippen LogP contribution in [0, 0.1) is 0 Å². The maximum Gasteiger partial charge on any atom is -0.00653 e. The number of rotatable bonds is 2. The first-order valence-electron chi connectivity index (χ1n) is 2.82. The molecular formula is C7H24N2. The molecule has 0 heterocycles. The molecule has 0 saturated heterocycles. The largest absolute Gasteiger partial charge is 0.330 e. The fourth-order valence-corrected chi connectivity index (χ4v) is 0.118. The van der Waals surface area contributed by atoms with Crippen molar-refractivity contribution in [3.05, 3.63) is 0 Å². The Labute approximate surface area is 60.6 Å². The standard InChI is InChI=1S/C3H10N2.C2H6.2CH4/c4-2-1-3-5;1-2;;/h1-5H2;1-2H3;2*1H4. The Morgan fingerprint density at radius 2 is 1.11 bits per heavy atom. The topological polar surface area (TPSA) is 52.0 Å². The Morgan fingerprint density at radius 3 is 1.11 bits per heavy atom. The van der Waals surface area contributed by atoms with Gasteiger partial charge in [0, 0.05) is 0 Å². The molecule has 0 aromatic carbocycles. The van der Waals surface area contributed by atoms with Crippen LogP contribution in [0.3, 0.4) is 0 Å². The van der Waals surface area contributed by atoms with Gasteiger partial charge < -0.3 is 11.5 Å². The fourth-order valence-electron chi connectivity index (χ4n) is 0.118. The molecule has 0 saturated carbocycles. The molecule has 0 aromatic rings. The third-order valence-electron chi connectivity index (χ3n) is 0.408. The van der Waals surface area contributed by atoms with E-state index in [2.05, 4.69) is 0 Å². The van der Waals surface area contributed by atoms with Gasteiger partial charge in [0.2, 0.25) is 0 Å². The lowest BCUT2D eigenvalue weighted by Gasteiger charge is -1.81. The maximum absolute atomic E-state index is 5.06. The Morgan fingerprint density at radius 1 is 0.889 bits per heavy atom. The van der Waals surface area contributed by atoms with E-state index in [9.17, 15) is 0 Å². The van der Waals surface area contributed by atoms with E-state index < -0.39 is 0 Å². The van der Waals surface area contributed by atoms with Crippen LogP contribution >= 0.6 is 0 Å². The quantitative estimate of drug-likeness (QED) is 0.605. The zero-order valence-corrected chi connectivity index (χ0v) is 5.28. The summed E-state index contributed by atoms with van der Waals surface area (Å²) in [7, 11) is 0. The zero-order chi connectivity index (χ0) is 6.12. The van der Waals surface area contributed by atoms with Crippen molar-refractivity contribution in [2.75, 3.05) is 13.1 Å². The Kier molecular flexibility index (Phi) is 114. The molecule has 2 nitrogen and oxygen atoms in total. The second-order valence-corrected chi connectivity index (χ2v) is 0.931. The van der Waals surface area contributed by atoms with Crippen molar-refractivity contribution in [1.82, 2.24) is 0 Å². The van der Waals surface area contributed by atoms with E-state index in [0.29, 0.717) is 0 Å². The Balaban J connectivity index is -0.0000000286. The first-order valence-corrected chi connectivity index (χ1v) is 2.82. The first-order chi connectivity index (χ1) is 3.41. The summed E-state index contributed by atoms with van der Waals surface area (Å²) in [5.41, 5.74) is 10.1. The lowest BCUT2D eigenvalue weighted by Crippen LogP contribution is -2.06. The van der Waals surface area contributed by atoms with Gasteiger partial charge >= 0.3 is 0 Å². The number of nitrogens with two attached hydrogens (primary N) is 2. The highest BCUT2D eigenvalue weighted by Gasteiger charge is 1.67. The number of hydrogen-bond acceptors (Lipinski definition) is 2. The minimum absolute atomic E-state index is 0. The van der Waals surface area contributed by atoms with Gasteiger partial charge in [-0.05, 0) is 19.5 Å². The van der Waals surface area contributed by atoms with Crippen molar-refractivity contribution in [2.24, 2.45) is 11.5 Å². The summed E-state index contributed by atoms with van der Waals surface area (Å²) in [4.78, 5) is 0. The van der Waals surface area contributed by atoms with Crippen molar-refractivity contribution in [1.29, 1.82) is 0 Å². The maximum atomic E-state index is 5.06. The van der Waals surface area contributed by atoms with Crippen LogP contribution in [0.1, 0.15) is 35.1 Å². The van der Waals surface area contributed by atoms with Gasteiger partial charge in [0.15, 0.2) is 0 Å². The molecule has 2 heteroatoms. The SMILES string of the molecule is C.C.CC.NCCCN. The van der Waals surface area contributed by atoms with Crippen molar-refractivity contribution < 1.29 is 0 Å². The predicted molar refractivity (Wildman–Crippen MR) is 47.5 cm³/mol. The summed E-state index contributed by atoms with van der Waals surface area (Å²) in [6.07, 6.45) is 0.944. The summed E-state index contributed by atoms with van der Waals surface area (Å²) in [6, 6.07) is 0. The van der Waals surface area contributed by atoms with Gasteiger partial charge in [-0.15, -0.1) is 0 Å². The van der Waals surface area contributed by atoms with Crippen LogP contribution in [0.5, 0.6) is 0 Å². The molecule has 9 heavy (non-hydrogen) atoms. The molecule has 0 unspecified atom stereocenters. The van der Waals surface area contributed by atoms with Gasteiger partial charge in [0.1, 0.15) is 0 Å². The van der Waals surface area contributed by atoms with E-state index >= 15 is 0 Å². The monoisotopic (exact) mass is 136 g/mol. The van der Waals surface area contributed by atoms with Gasteiger partial charge in [-0.1, -0.05) is 28.7 Å². The molecule has 0 bridgehead atoms. The summed E-state index contributed by atoms with van der Waals surface area (Å²) < 4.78 is 0. The molecule has 4 N–H and O–H groups in total. The number of hydrogen-bond donors (Lipinski definition) is 2. The zero-order valence-electron chi connectivity index (χ0n) is 5.28. The molecule has 0 fully saturated rings. The highest BCUT2D eigenvalue weighted by atomic mass is 14.6. The van der Waals surface area contributed by atoms with E-state index in [0.717, 1.165) is 19.5 Å². The molecule has 0 aromatic heterocycles. The first kappa shape index (κ1) is 23.1. The van der Waals surface area contributed by atoms with Crippen molar-refractivity contribution in [3.8, 4) is 0 Å². The smallest absolute Gasteiger partial charge is 0.00653 e. The van der Waals surface area contributed by atoms with E-state index in [1.807, 2.05) is 13.8 Å². The third kappa shape index (κ3) is 75.3. The summed E-state index contributed by atoms with van der Waals surface area (Å²) in [6.45, 7) is 5.44. The molecule has 0 aliphatic rings. The van der Waals surface area contributed by atoms with Gasteiger partial charge in [0.25, 0.3) is 0 Å². The van der Waals surface area contributed by atoms with Crippen LogP contribution in [-0.4, -0.2) is 13.1 Å². The second kappa shape index (κ2) is 44.5. The molecule has 0 aliphatic carbocycles. The Hall–Kier alpha value is -0.0800. The predicted octanol–water partition coefficient (Wildman–Crippen LogP) is 1.59. The van der Waals surface area contributed by atoms with Gasteiger partial charge in [0.05, 0.1) is 0 Å². The third-order valence-corrected chi connectivity index (χ3v) is 0.408. The van der Waals surface area contributed by atoms with Crippen molar-refractivity contribution in [2.45, 2.75) is 35.1 Å². The summed E-state index contributed by atoms with van der Waals surface area (Å²) >= 11 is 0. The minimum atomic E-state index is 0. The fraction of sp³-hybridized carbons (Fsp3) is 1.00. The van der Waals surface area contributed by atoms with Gasteiger partial charge in [-0.3, -0.25) is 0 Å². The van der Waals surface area contributed by atoms with Gasteiger partial charge in [-0.2, -0.15) is 0 Å². The van der Waals surface area contributed by atoms with Crippen molar-refractivity contribution in [3.63, 3.8) is 0 Å². The normalized spacial score (nSPS) is 5.33. The van der Waals surface area contributed by atoms with Crippen LogP contribution < -0.4 is 11.5 Å². The van der Waals surface area contributed by atoms with E-state index in [1.165, 1.54) is 0 Å². The van der Waals surface area contributed by atoms with Crippen LogP contribution in [0.2, 0.25) is 0 Å². The molecule has 0 aliphatic heterocycles. The van der Waals surface area contributed by atoms with Crippen LogP contribution in [0.25, 0.3) is 0 Å². The highest BCUT2D eigenvalue weighted by Crippen LogP contribution is 1.58. The van der Waals surface area contributed by atoms with Crippen molar-refractivity contribution >= 4 is 0 Å². The van der Waals surface area contributed by atoms with E-state index in [-0.39, 0.29) is 14.9 Å². The summed E-state index contributed by atoms with van der Waals surface area (Å²) in [5.74, 6) is 0. The van der Waals surface area contributed by atoms with Gasteiger partial charge in [-0.25, -0.2) is 0 Å². The Bertz CT molecular complexity index is 14.4. The average molecular weight is 136 g/mol. The minimum Gasteiger partial charge on any atom is -0.330 e. The van der Waals surface area contributed by atoms with E-state index in [1.54, 1.807) is 0 Å².